The Balaban J connectivity index is 0. The average Bonchev–Trinajstić information content (AvgIpc) is 2.04. The SMILES string of the molecule is CC(C)(C)C(=O)O.Cc1cc[c-]cc1.[Zn]. The van der Waals surface area contributed by atoms with Crippen LogP contribution >= 0.6 is 0 Å². The van der Waals surface area contributed by atoms with Crippen LogP contribution in [0.4, 0.5) is 0 Å². The van der Waals surface area contributed by atoms with Gasteiger partial charge in [0.05, 0.1) is 5.41 Å². The summed E-state index contributed by atoms with van der Waals surface area (Å²) in [4.78, 5) is 10.0. The summed E-state index contributed by atoms with van der Waals surface area (Å²) in [5.74, 6) is -0.757. The molecule has 0 saturated heterocycles. The number of aliphatic carboxylic acids is 1. The minimum absolute atomic E-state index is 0. The maximum Gasteiger partial charge on any atom is 0.308 e. The van der Waals surface area contributed by atoms with Gasteiger partial charge >= 0.3 is 5.97 Å². The van der Waals surface area contributed by atoms with E-state index in [9.17, 15) is 4.79 Å². The van der Waals surface area contributed by atoms with E-state index in [4.69, 9.17) is 5.11 Å². The number of carboxylic acid groups (broad SMARTS) is 1. The first-order chi connectivity index (χ1) is 6.34. The maximum atomic E-state index is 10.0. The molecule has 2 nitrogen and oxygen atoms in total. The van der Waals surface area contributed by atoms with Gasteiger partial charge in [0.15, 0.2) is 0 Å². The summed E-state index contributed by atoms with van der Waals surface area (Å²) in [5.41, 5.74) is 0.707. The molecular formula is C12H17O2Zn-. The third-order valence-electron chi connectivity index (χ3n) is 1.53. The van der Waals surface area contributed by atoms with Crippen LogP contribution in [0.5, 0.6) is 0 Å². The fourth-order valence-electron chi connectivity index (χ4n) is 0.470. The Labute approximate surface area is 104 Å². The van der Waals surface area contributed by atoms with E-state index in [1.165, 1.54) is 5.56 Å². The molecule has 1 N–H and O–H groups in total. The first-order valence-electron chi connectivity index (χ1n) is 4.50. The van der Waals surface area contributed by atoms with Gasteiger partial charge in [0.25, 0.3) is 0 Å². The van der Waals surface area contributed by atoms with Crippen LogP contribution in [0.25, 0.3) is 0 Å². The number of benzene rings is 1. The van der Waals surface area contributed by atoms with E-state index < -0.39 is 11.4 Å². The summed E-state index contributed by atoms with van der Waals surface area (Å²) >= 11 is 0. The van der Waals surface area contributed by atoms with Crippen molar-refractivity contribution in [3.8, 4) is 0 Å². The Morgan fingerprint density at radius 1 is 1.27 bits per heavy atom. The van der Waals surface area contributed by atoms with Crippen LogP contribution in [0.3, 0.4) is 0 Å². The fourth-order valence-corrected chi connectivity index (χ4v) is 0.470. The summed E-state index contributed by atoms with van der Waals surface area (Å²) in [5, 5.41) is 8.25. The van der Waals surface area contributed by atoms with Crippen molar-refractivity contribution in [3.05, 3.63) is 35.9 Å². The molecule has 1 rings (SSSR count). The first-order valence-corrected chi connectivity index (χ1v) is 4.50. The second-order valence-electron chi connectivity index (χ2n) is 4.13. The molecule has 1 aromatic rings. The van der Waals surface area contributed by atoms with Crippen molar-refractivity contribution < 1.29 is 29.4 Å². The molecule has 0 radical (unpaired) electrons. The molecule has 0 amide bonds. The van der Waals surface area contributed by atoms with Crippen molar-refractivity contribution in [1.29, 1.82) is 0 Å². The number of carboxylic acids is 1. The molecule has 0 aromatic heterocycles. The Hall–Kier alpha value is -0.687. The van der Waals surface area contributed by atoms with Crippen molar-refractivity contribution in [2.75, 3.05) is 0 Å². The van der Waals surface area contributed by atoms with Crippen LogP contribution in [-0.4, -0.2) is 11.1 Å². The van der Waals surface area contributed by atoms with Crippen LogP contribution < -0.4 is 0 Å². The van der Waals surface area contributed by atoms with Gasteiger partial charge in [0.2, 0.25) is 0 Å². The quantitative estimate of drug-likeness (QED) is 0.574. The Bertz CT molecular complexity index is 275. The van der Waals surface area contributed by atoms with E-state index in [1.54, 1.807) is 20.8 Å². The monoisotopic (exact) mass is 257 g/mol. The predicted octanol–water partition coefficient (Wildman–Crippen LogP) is 2.91. The largest absolute Gasteiger partial charge is 0.481 e. The van der Waals surface area contributed by atoms with E-state index in [2.05, 4.69) is 13.0 Å². The van der Waals surface area contributed by atoms with E-state index >= 15 is 0 Å². The Morgan fingerprint density at radius 2 is 1.60 bits per heavy atom. The van der Waals surface area contributed by atoms with Crippen molar-refractivity contribution in [1.82, 2.24) is 0 Å². The molecule has 1 aromatic carbocycles. The van der Waals surface area contributed by atoms with Gasteiger partial charge in [-0.25, -0.2) is 0 Å². The van der Waals surface area contributed by atoms with Gasteiger partial charge in [0.1, 0.15) is 0 Å². The van der Waals surface area contributed by atoms with Crippen molar-refractivity contribution in [2.24, 2.45) is 5.41 Å². The third kappa shape index (κ3) is 9.61. The Morgan fingerprint density at radius 3 is 1.73 bits per heavy atom. The second-order valence-corrected chi connectivity index (χ2v) is 4.13. The summed E-state index contributed by atoms with van der Waals surface area (Å²) < 4.78 is 0. The number of carbonyl (C=O) groups is 1. The van der Waals surface area contributed by atoms with E-state index in [0.29, 0.717) is 0 Å². The number of aryl methyl sites for hydroxylation is 1. The van der Waals surface area contributed by atoms with Crippen molar-refractivity contribution >= 4 is 5.97 Å². The summed E-state index contributed by atoms with van der Waals surface area (Å²) in [6.45, 7) is 7.05. The molecule has 0 aliphatic rings. The zero-order chi connectivity index (χ0) is 11.2. The molecule has 15 heavy (non-hydrogen) atoms. The predicted molar refractivity (Wildman–Crippen MR) is 57.1 cm³/mol. The number of rotatable bonds is 0. The molecule has 3 heteroatoms. The molecule has 0 saturated carbocycles. The smallest absolute Gasteiger partial charge is 0.308 e. The fraction of sp³-hybridized carbons (Fsp3) is 0.417. The molecule has 0 fully saturated rings. The van der Waals surface area contributed by atoms with Crippen LogP contribution in [0.1, 0.15) is 26.3 Å². The van der Waals surface area contributed by atoms with Gasteiger partial charge in [-0.1, -0.05) is 6.92 Å². The second kappa shape index (κ2) is 7.58. The number of hydrogen-bond donors (Lipinski definition) is 1. The van der Waals surface area contributed by atoms with Gasteiger partial charge in [0, 0.05) is 19.5 Å². The molecule has 0 spiro atoms. The summed E-state index contributed by atoms with van der Waals surface area (Å²) in [6, 6.07) is 10.8. The van der Waals surface area contributed by atoms with Gasteiger partial charge in [-0.2, -0.15) is 35.9 Å². The average molecular weight is 259 g/mol. The molecule has 0 aliphatic heterocycles. The topological polar surface area (TPSA) is 37.3 Å². The van der Waals surface area contributed by atoms with Gasteiger partial charge < -0.3 is 5.11 Å². The van der Waals surface area contributed by atoms with Crippen LogP contribution in [-0.2, 0) is 24.3 Å². The molecular weight excluding hydrogens is 242 g/mol. The van der Waals surface area contributed by atoms with Gasteiger partial charge in [-0.15, -0.1) is 0 Å². The molecule has 80 valence electrons. The molecule has 0 atom stereocenters. The van der Waals surface area contributed by atoms with Crippen molar-refractivity contribution in [3.63, 3.8) is 0 Å². The normalized spacial score (nSPS) is 9.33. The van der Waals surface area contributed by atoms with Crippen molar-refractivity contribution in [2.45, 2.75) is 27.7 Å². The number of hydrogen-bond acceptors (Lipinski definition) is 1. The first kappa shape index (κ1) is 16.7. The summed E-state index contributed by atoms with van der Waals surface area (Å²) in [7, 11) is 0. The van der Waals surface area contributed by atoms with Crippen LogP contribution in [0.15, 0.2) is 24.3 Å². The van der Waals surface area contributed by atoms with Crippen LogP contribution in [0.2, 0.25) is 0 Å². The van der Waals surface area contributed by atoms with Gasteiger partial charge in [-0.3, -0.25) is 4.79 Å². The molecule has 0 aliphatic carbocycles. The van der Waals surface area contributed by atoms with E-state index in [1.807, 2.05) is 24.3 Å². The standard InChI is InChI=1S/C7H7.C5H10O2.Zn/c1-7-5-3-2-4-6-7;1-5(2,3)4(6)7;/h3-6H,1H3;1-3H3,(H,6,7);/q-1;;. The third-order valence-corrected chi connectivity index (χ3v) is 1.53. The minimum Gasteiger partial charge on any atom is -0.481 e. The Kier molecular flexibility index (Phi) is 8.46. The molecule has 0 unspecified atom stereocenters. The zero-order valence-corrected chi connectivity index (χ0v) is 12.8. The van der Waals surface area contributed by atoms with Crippen LogP contribution in [0, 0.1) is 18.4 Å². The van der Waals surface area contributed by atoms with E-state index in [-0.39, 0.29) is 19.5 Å². The van der Waals surface area contributed by atoms with Gasteiger partial charge in [-0.05, 0) is 20.8 Å². The maximum absolute atomic E-state index is 10.0. The molecule has 0 bridgehead atoms. The minimum atomic E-state index is -0.757. The zero-order valence-electron chi connectivity index (χ0n) is 9.87. The van der Waals surface area contributed by atoms with E-state index in [0.717, 1.165) is 0 Å². The molecule has 0 heterocycles. The summed E-state index contributed by atoms with van der Waals surface area (Å²) in [6.07, 6.45) is 0.